The van der Waals surface area contributed by atoms with E-state index in [2.05, 4.69) is 47.4 Å². The molecule has 198 valence electrons. The SMILES string of the molecule is C[C@H]1C/C=C/CCC[S-](=O)=NC(=O)c2ccc3c(c2)N(C[C@@H]1C)C[C@@]1(CCCc2cc(Cl)ccc21)CO3. The highest BCUT2D eigenvalue weighted by atomic mass is 35.5. The highest BCUT2D eigenvalue weighted by Gasteiger charge is 2.42. The van der Waals surface area contributed by atoms with Gasteiger partial charge in [0, 0.05) is 29.1 Å². The third-order valence-electron chi connectivity index (χ3n) is 8.31. The molecule has 2 aliphatic heterocycles. The van der Waals surface area contributed by atoms with Crippen LogP contribution in [0.3, 0.4) is 0 Å². The number of nitrogens with zero attached hydrogens (tertiary/aromatic N) is 2. The van der Waals surface area contributed by atoms with Gasteiger partial charge in [-0.05, 0) is 85.4 Å². The van der Waals surface area contributed by atoms with Gasteiger partial charge >= 0.3 is 0 Å². The molecule has 0 aromatic heterocycles. The van der Waals surface area contributed by atoms with Crippen molar-refractivity contribution in [3.63, 3.8) is 0 Å². The predicted octanol–water partition coefficient (Wildman–Crippen LogP) is 7.11. The van der Waals surface area contributed by atoms with Crippen LogP contribution >= 0.6 is 11.6 Å². The van der Waals surface area contributed by atoms with Crippen LogP contribution < -0.4 is 9.64 Å². The van der Waals surface area contributed by atoms with E-state index in [1.165, 1.54) is 11.1 Å². The molecule has 1 spiro atoms. The number of allylic oxidation sites excluding steroid dienone is 2. The van der Waals surface area contributed by atoms with Gasteiger partial charge in [-0.3, -0.25) is 4.79 Å². The van der Waals surface area contributed by atoms with Crippen molar-refractivity contribution in [1.29, 1.82) is 0 Å². The molecule has 2 heterocycles. The van der Waals surface area contributed by atoms with Gasteiger partial charge in [0.2, 0.25) is 0 Å². The fourth-order valence-corrected chi connectivity index (χ4v) is 6.94. The van der Waals surface area contributed by atoms with Gasteiger partial charge < -0.3 is 18.2 Å². The Balaban J connectivity index is 1.58. The topological polar surface area (TPSA) is 59.0 Å². The zero-order chi connectivity index (χ0) is 26.0. The van der Waals surface area contributed by atoms with E-state index in [1.54, 1.807) is 6.07 Å². The molecule has 2 aromatic rings. The Morgan fingerprint density at radius 3 is 2.84 bits per heavy atom. The van der Waals surface area contributed by atoms with Gasteiger partial charge in [-0.1, -0.05) is 55.8 Å². The Labute approximate surface area is 227 Å². The summed E-state index contributed by atoms with van der Waals surface area (Å²) < 4.78 is 22.9. The summed E-state index contributed by atoms with van der Waals surface area (Å²) in [7, 11) is -1.52. The number of anilines is 1. The minimum atomic E-state index is -1.52. The van der Waals surface area contributed by atoms with Crippen molar-refractivity contribution < 1.29 is 13.7 Å². The maximum Gasteiger partial charge on any atom is 0.254 e. The molecule has 0 radical (unpaired) electrons. The number of ether oxygens (including phenoxy) is 1. The van der Waals surface area contributed by atoms with Crippen LogP contribution in [0.1, 0.15) is 67.4 Å². The van der Waals surface area contributed by atoms with Crippen molar-refractivity contribution in [3.8, 4) is 5.75 Å². The molecule has 0 saturated heterocycles. The van der Waals surface area contributed by atoms with Gasteiger partial charge in [-0.25, -0.2) is 0 Å². The van der Waals surface area contributed by atoms with Crippen LogP contribution in [-0.2, 0) is 26.6 Å². The molecule has 0 N–H and O–H groups in total. The van der Waals surface area contributed by atoms with E-state index >= 15 is 0 Å². The minimum absolute atomic E-state index is 0.156. The maximum absolute atomic E-state index is 13.0. The summed E-state index contributed by atoms with van der Waals surface area (Å²) in [5, 5.41) is 0.776. The second-order valence-electron chi connectivity index (χ2n) is 11.0. The van der Waals surface area contributed by atoms with Crippen LogP contribution in [0.15, 0.2) is 52.9 Å². The molecule has 0 unspecified atom stereocenters. The number of amides is 1. The predicted molar refractivity (Wildman–Crippen MR) is 151 cm³/mol. The van der Waals surface area contributed by atoms with Crippen LogP contribution in [0.4, 0.5) is 5.69 Å². The summed E-state index contributed by atoms with van der Waals surface area (Å²) in [6.45, 7) is 6.88. The van der Waals surface area contributed by atoms with Gasteiger partial charge in [-0.2, -0.15) is 10.6 Å². The molecule has 5 nitrogen and oxygen atoms in total. The van der Waals surface area contributed by atoms with Gasteiger partial charge in [0.05, 0.1) is 12.3 Å². The molecular formula is C30H36ClN2O3S-. The first-order valence-corrected chi connectivity index (χ1v) is 15.1. The third kappa shape index (κ3) is 5.75. The summed E-state index contributed by atoms with van der Waals surface area (Å²) in [6, 6.07) is 11.8. The highest BCUT2D eigenvalue weighted by molar-refractivity contribution is 7.75. The molecule has 37 heavy (non-hydrogen) atoms. The summed E-state index contributed by atoms with van der Waals surface area (Å²) in [6.07, 6.45) is 10.2. The van der Waals surface area contributed by atoms with E-state index in [0.29, 0.717) is 29.8 Å². The number of carbonyl (C=O) groups excluding carboxylic acids is 1. The summed E-state index contributed by atoms with van der Waals surface area (Å²) in [5.41, 5.74) is 3.86. The second kappa shape index (κ2) is 11.2. The normalized spacial score (nSPS) is 28.1. The van der Waals surface area contributed by atoms with Crippen LogP contribution in [0, 0.1) is 11.8 Å². The zero-order valence-electron chi connectivity index (χ0n) is 21.7. The number of halogens is 1. The second-order valence-corrected chi connectivity index (χ2v) is 12.7. The number of hydrogen-bond acceptors (Lipinski definition) is 5. The first kappa shape index (κ1) is 26.3. The number of aryl methyl sites for hydroxylation is 1. The maximum atomic E-state index is 13.0. The van der Waals surface area contributed by atoms with Crippen LogP contribution in [0.2, 0.25) is 5.02 Å². The highest BCUT2D eigenvalue weighted by Crippen LogP contribution is 2.45. The van der Waals surface area contributed by atoms with E-state index in [4.69, 9.17) is 16.3 Å². The van der Waals surface area contributed by atoms with Crippen molar-refractivity contribution in [2.45, 2.75) is 57.8 Å². The lowest BCUT2D eigenvalue weighted by Crippen LogP contribution is -2.47. The van der Waals surface area contributed by atoms with E-state index in [-0.39, 0.29) is 5.41 Å². The molecule has 3 atom stereocenters. The molecular weight excluding hydrogens is 504 g/mol. The Kier molecular flexibility index (Phi) is 7.96. The fraction of sp³-hybridized carbons (Fsp3) is 0.500. The van der Waals surface area contributed by atoms with Crippen LogP contribution in [0.25, 0.3) is 0 Å². The molecule has 2 bridgehead atoms. The number of carbonyl (C=O) groups is 1. The van der Waals surface area contributed by atoms with Crippen LogP contribution in [-0.4, -0.2) is 31.4 Å². The Bertz CT molecular complexity index is 1290. The quantitative estimate of drug-likeness (QED) is 0.264. The molecule has 1 aliphatic carbocycles. The van der Waals surface area contributed by atoms with Crippen molar-refractivity contribution in [3.05, 3.63) is 70.3 Å². The lowest BCUT2D eigenvalue weighted by atomic mass is 9.70. The first-order chi connectivity index (χ1) is 17.8. The summed E-state index contributed by atoms with van der Waals surface area (Å²) in [5.74, 6) is 1.69. The molecule has 0 saturated carbocycles. The monoisotopic (exact) mass is 539 g/mol. The van der Waals surface area contributed by atoms with Gasteiger partial charge in [0.1, 0.15) is 5.75 Å². The minimum Gasteiger partial charge on any atom is -0.490 e. The Morgan fingerprint density at radius 2 is 1.97 bits per heavy atom. The molecule has 3 aliphatic rings. The van der Waals surface area contributed by atoms with Crippen molar-refractivity contribution in [1.82, 2.24) is 0 Å². The average molecular weight is 540 g/mol. The standard InChI is InChI=1S/C30H36ClN2O3S/c1-21-8-5-3-4-6-15-37(35)32-29(34)24-10-13-28-27(17-24)33(18-22(21)2)19-30(20-36-28)14-7-9-23-16-25(31)11-12-26(23)30/h3,5,10-13,16-17,21-22H,4,6-9,14-15,18-20H2,1-2H3/q-1/b5-3+/t21-,22-,30-/m0/s1. The van der Waals surface area contributed by atoms with E-state index in [1.807, 2.05) is 18.2 Å². The fourth-order valence-electron chi connectivity index (χ4n) is 5.95. The Morgan fingerprint density at radius 1 is 1.11 bits per heavy atom. The molecule has 5 rings (SSSR count). The Hall–Kier alpha value is -2.31. The van der Waals surface area contributed by atoms with Crippen molar-refractivity contribution >= 4 is 33.8 Å². The molecule has 7 heteroatoms. The lowest BCUT2D eigenvalue weighted by molar-refractivity contribution is 0.100. The average Bonchev–Trinajstić information content (AvgIpc) is 3.02. The van der Waals surface area contributed by atoms with Gasteiger partial charge in [-0.15, -0.1) is 0 Å². The lowest BCUT2D eigenvalue weighted by Gasteiger charge is -2.41. The number of hydrogen-bond donors (Lipinski definition) is 0. The summed E-state index contributed by atoms with van der Waals surface area (Å²) in [4.78, 5) is 15.4. The van der Waals surface area contributed by atoms with E-state index in [0.717, 1.165) is 68.1 Å². The first-order valence-electron chi connectivity index (χ1n) is 13.4. The molecule has 1 amide bonds. The largest absolute Gasteiger partial charge is 0.490 e. The zero-order valence-corrected chi connectivity index (χ0v) is 23.3. The van der Waals surface area contributed by atoms with E-state index in [9.17, 15) is 9.00 Å². The van der Waals surface area contributed by atoms with Gasteiger partial charge in [0.25, 0.3) is 5.91 Å². The van der Waals surface area contributed by atoms with Gasteiger partial charge in [0.15, 0.2) is 0 Å². The van der Waals surface area contributed by atoms with E-state index < -0.39 is 16.5 Å². The smallest absolute Gasteiger partial charge is 0.254 e. The third-order valence-corrected chi connectivity index (χ3v) is 9.56. The molecule has 0 fully saturated rings. The van der Waals surface area contributed by atoms with Crippen molar-refractivity contribution in [2.75, 3.05) is 30.3 Å². The van der Waals surface area contributed by atoms with Crippen molar-refractivity contribution in [2.24, 2.45) is 16.2 Å². The summed E-state index contributed by atoms with van der Waals surface area (Å²) >= 11 is 6.37. The number of rotatable bonds is 0. The molecule has 2 aromatic carbocycles. The number of fused-ring (bicyclic) bond motifs is 3. The number of benzene rings is 2. The van der Waals surface area contributed by atoms with Crippen LogP contribution in [0.5, 0.6) is 5.75 Å².